The SMILES string of the molecule is CC(NC(=O)c1ccc([N+](=O)[O-])c(N)c1)C1CCOC1. The molecule has 7 heteroatoms. The highest BCUT2D eigenvalue weighted by Gasteiger charge is 2.24. The van der Waals surface area contributed by atoms with Crippen LogP contribution in [-0.2, 0) is 4.74 Å². The number of nitrogens with two attached hydrogens (primary N) is 1. The van der Waals surface area contributed by atoms with Crippen molar-refractivity contribution < 1.29 is 14.5 Å². The number of carbonyl (C=O) groups is 1. The standard InChI is InChI=1S/C13H17N3O4/c1-8(10-4-5-20-7-10)15-13(17)9-2-3-12(16(18)19)11(14)6-9/h2-3,6,8,10H,4-5,7,14H2,1H3,(H,15,17). The van der Waals surface area contributed by atoms with E-state index in [9.17, 15) is 14.9 Å². The number of nitrogen functional groups attached to an aromatic ring is 1. The fourth-order valence-electron chi connectivity index (χ4n) is 2.22. The van der Waals surface area contributed by atoms with Gasteiger partial charge in [0.1, 0.15) is 5.69 Å². The second-order valence-electron chi connectivity index (χ2n) is 4.92. The molecule has 1 amide bonds. The zero-order valence-electron chi connectivity index (χ0n) is 11.2. The van der Waals surface area contributed by atoms with E-state index in [0.29, 0.717) is 18.1 Å². The van der Waals surface area contributed by atoms with E-state index < -0.39 is 4.92 Å². The fourth-order valence-corrected chi connectivity index (χ4v) is 2.22. The zero-order chi connectivity index (χ0) is 14.7. The van der Waals surface area contributed by atoms with Gasteiger partial charge in [0.05, 0.1) is 11.5 Å². The summed E-state index contributed by atoms with van der Waals surface area (Å²) in [4.78, 5) is 22.2. The van der Waals surface area contributed by atoms with Gasteiger partial charge in [-0.05, 0) is 25.5 Å². The largest absolute Gasteiger partial charge is 0.393 e. The highest BCUT2D eigenvalue weighted by Crippen LogP contribution is 2.22. The van der Waals surface area contributed by atoms with Gasteiger partial charge in [0.25, 0.3) is 11.6 Å². The number of nitrogens with zero attached hydrogens (tertiary/aromatic N) is 1. The monoisotopic (exact) mass is 279 g/mol. The van der Waals surface area contributed by atoms with Gasteiger partial charge in [0, 0.05) is 30.2 Å². The Balaban J connectivity index is 2.05. The lowest BCUT2D eigenvalue weighted by molar-refractivity contribution is -0.383. The van der Waals surface area contributed by atoms with Crippen LogP contribution in [0.1, 0.15) is 23.7 Å². The first-order valence-corrected chi connectivity index (χ1v) is 6.41. The van der Waals surface area contributed by atoms with Gasteiger partial charge in [-0.2, -0.15) is 0 Å². The molecule has 1 fully saturated rings. The lowest BCUT2D eigenvalue weighted by Gasteiger charge is -2.19. The quantitative estimate of drug-likeness (QED) is 0.491. The maximum absolute atomic E-state index is 12.1. The summed E-state index contributed by atoms with van der Waals surface area (Å²) in [5, 5.41) is 13.5. The number of anilines is 1. The molecule has 2 atom stereocenters. The number of amides is 1. The molecule has 1 saturated heterocycles. The van der Waals surface area contributed by atoms with E-state index >= 15 is 0 Å². The number of ether oxygens (including phenoxy) is 1. The highest BCUT2D eigenvalue weighted by molar-refractivity contribution is 5.95. The van der Waals surface area contributed by atoms with Crippen molar-refractivity contribution in [2.45, 2.75) is 19.4 Å². The smallest absolute Gasteiger partial charge is 0.292 e. The minimum Gasteiger partial charge on any atom is -0.393 e. The Kier molecular flexibility index (Phi) is 4.19. The number of benzene rings is 1. The third-order valence-electron chi connectivity index (χ3n) is 3.52. The van der Waals surface area contributed by atoms with Gasteiger partial charge in [-0.1, -0.05) is 0 Å². The molecular weight excluding hydrogens is 262 g/mol. The Morgan fingerprint density at radius 3 is 2.90 bits per heavy atom. The van der Waals surface area contributed by atoms with Gasteiger partial charge in [-0.3, -0.25) is 14.9 Å². The van der Waals surface area contributed by atoms with Crippen molar-refractivity contribution in [2.75, 3.05) is 18.9 Å². The summed E-state index contributed by atoms with van der Waals surface area (Å²) < 4.78 is 5.28. The summed E-state index contributed by atoms with van der Waals surface area (Å²) in [5.74, 6) is 0.0142. The van der Waals surface area contributed by atoms with E-state index in [1.165, 1.54) is 18.2 Å². The third-order valence-corrected chi connectivity index (χ3v) is 3.52. The molecule has 1 aromatic rings. The molecule has 20 heavy (non-hydrogen) atoms. The summed E-state index contributed by atoms with van der Waals surface area (Å²) in [6.07, 6.45) is 0.920. The molecule has 1 heterocycles. The van der Waals surface area contributed by atoms with Crippen LogP contribution in [0.5, 0.6) is 0 Å². The molecule has 1 aliphatic heterocycles. The zero-order valence-corrected chi connectivity index (χ0v) is 11.2. The number of hydrogen-bond acceptors (Lipinski definition) is 5. The molecule has 7 nitrogen and oxygen atoms in total. The Labute approximate surface area is 116 Å². The molecule has 0 bridgehead atoms. The Hall–Kier alpha value is -2.15. The van der Waals surface area contributed by atoms with Crippen molar-refractivity contribution >= 4 is 17.3 Å². The Morgan fingerprint density at radius 2 is 2.35 bits per heavy atom. The molecule has 0 saturated carbocycles. The number of nitro groups is 1. The van der Waals surface area contributed by atoms with Crippen LogP contribution in [0.15, 0.2) is 18.2 Å². The average molecular weight is 279 g/mol. The van der Waals surface area contributed by atoms with Crippen molar-refractivity contribution in [2.24, 2.45) is 5.92 Å². The molecule has 2 unspecified atom stereocenters. The molecule has 2 rings (SSSR count). The van der Waals surface area contributed by atoms with E-state index in [1.54, 1.807) is 0 Å². The summed E-state index contributed by atoms with van der Waals surface area (Å²) in [5.41, 5.74) is 5.68. The maximum Gasteiger partial charge on any atom is 0.292 e. The predicted octanol–water partition coefficient (Wildman–Crippen LogP) is 1.33. The van der Waals surface area contributed by atoms with Crippen LogP contribution in [0.4, 0.5) is 11.4 Å². The first-order chi connectivity index (χ1) is 9.49. The number of rotatable bonds is 4. The molecule has 0 aliphatic carbocycles. The normalized spacial score (nSPS) is 19.6. The van der Waals surface area contributed by atoms with Crippen molar-refractivity contribution in [1.82, 2.24) is 5.32 Å². The van der Waals surface area contributed by atoms with E-state index in [-0.39, 0.29) is 23.3 Å². The third kappa shape index (κ3) is 3.05. The van der Waals surface area contributed by atoms with Gasteiger partial charge < -0.3 is 15.8 Å². The van der Waals surface area contributed by atoms with Crippen LogP contribution in [-0.4, -0.2) is 30.1 Å². The molecule has 3 N–H and O–H groups in total. The van der Waals surface area contributed by atoms with Crippen LogP contribution in [0, 0.1) is 16.0 Å². The van der Waals surface area contributed by atoms with Crippen molar-refractivity contribution in [3.8, 4) is 0 Å². The molecular formula is C13H17N3O4. The van der Waals surface area contributed by atoms with Gasteiger partial charge in [-0.25, -0.2) is 0 Å². The second-order valence-corrected chi connectivity index (χ2v) is 4.92. The first kappa shape index (κ1) is 14.3. The van der Waals surface area contributed by atoms with Gasteiger partial charge in [0.2, 0.25) is 0 Å². The summed E-state index contributed by atoms with van der Waals surface area (Å²) >= 11 is 0. The van der Waals surface area contributed by atoms with E-state index in [1.807, 2.05) is 6.92 Å². The predicted molar refractivity (Wildman–Crippen MR) is 73.4 cm³/mol. The van der Waals surface area contributed by atoms with Crippen molar-refractivity contribution in [3.05, 3.63) is 33.9 Å². The molecule has 0 spiro atoms. The Morgan fingerprint density at radius 1 is 1.60 bits per heavy atom. The number of nitro benzene ring substituents is 1. The average Bonchev–Trinajstić information content (AvgIpc) is 2.91. The maximum atomic E-state index is 12.1. The number of carbonyl (C=O) groups excluding carboxylic acids is 1. The summed E-state index contributed by atoms with van der Waals surface area (Å²) in [7, 11) is 0. The minimum absolute atomic E-state index is 0.0126. The fraction of sp³-hybridized carbons (Fsp3) is 0.462. The van der Waals surface area contributed by atoms with Crippen LogP contribution in [0.25, 0.3) is 0 Å². The molecule has 0 aromatic heterocycles. The number of hydrogen-bond donors (Lipinski definition) is 2. The minimum atomic E-state index is -0.574. The van der Waals surface area contributed by atoms with Crippen LogP contribution in [0.3, 0.4) is 0 Å². The van der Waals surface area contributed by atoms with Crippen LogP contribution in [0.2, 0.25) is 0 Å². The van der Waals surface area contributed by atoms with Crippen molar-refractivity contribution in [1.29, 1.82) is 0 Å². The molecule has 1 aliphatic rings. The van der Waals surface area contributed by atoms with Gasteiger partial charge in [0.15, 0.2) is 0 Å². The topological polar surface area (TPSA) is 107 Å². The number of nitrogens with one attached hydrogen (secondary N) is 1. The molecule has 0 radical (unpaired) electrons. The van der Waals surface area contributed by atoms with E-state index in [2.05, 4.69) is 5.32 Å². The molecule has 1 aromatic carbocycles. The van der Waals surface area contributed by atoms with Crippen LogP contribution < -0.4 is 11.1 Å². The summed E-state index contributed by atoms with van der Waals surface area (Å²) in [6, 6.07) is 3.96. The van der Waals surface area contributed by atoms with Gasteiger partial charge in [-0.15, -0.1) is 0 Å². The van der Waals surface area contributed by atoms with E-state index in [0.717, 1.165) is 13.0 Å². The lowest BCUT2D eigenvalue weighted by atomic mass is 10.0. The first-order valence-electron chi connectivity index (χ1n) is 6.41. The highest BCUT2D eigenvalue weighted by atomic mass is 16.6. The summed E-state index contributed by atoms with van der Waals surface area (Å²) in [6.45, 7) is 3.28. The molecule has 108 valence electrons. The Bertz CT molecular complexity index is 526. The van der Waals surface area contributed by atoms with Gasteiger partial charge >= 0.3 is 0 Å². The van der Waals surface area contributed by atoms with Crippen molar-refractivity contribution in [3.63, 3.8) is 0 Å². The van der Waals surface area contributed by atoms with Crippen LogP contribution >= 0.6 is 0 Å². The van der Waals surface area contributed by atoms with E-state index in [4.69, 9.17) is 10.5 Å². The lowest BCUT2D eigenvalue weighted by Crippen LogP contribution is -2.38. The second kappa shape index (κ2) is 5.87.